The van der Waals surface area contributed by atoms with Gasteiger partial charge in [-0.15, -0.1) is 0 Å². The molecular weight excluding hydrogens is 354 g/mol. The van der Waals surface area contributed by atoms with E-state index in [1.807, 2.05) is 19.9 Å². The normalized spacial score (nSPS) is 11.2. The summed E-state index contributed by atoms with van der Waals surface area (Å²) in [6.07, 6.45) is 0.425. The van der Waals surface area contributed by atoms with E-state index in [1.54, 1.807) is 25.1 Å². The molecule has 0 fully saturated rings. The molecular formula is C19H23NO5S. The van der Waals surface area contributed by atoms with Gasteiger partial charge in [0.1, 0.15) is 5.75 Å². The summed E-state index contributed by atoms with van der Waals surface area (Å²) in [5, 5.41) is 8.62. The van der Waals surface area contributed by atoms with E-state index in [0.29, 0.717) is 23.4 Å². The smallest absolute Gasteiger partial charge is 0.303 e. The first-order valence-corrected chi connectivity index (χ1v) is 9.72. The predicted molar refractivity (Wildman–Crippen MR) is 100 cm³/mol. The van der Waals surface area contributed by atoms with Crippen LogP contribution >= 0.6 is 0 Å². The first-order chi connectivity index (χ1) is 12.2. The van der Waals surface area contributed by atoms with Crippen LogP contribution in [0.25, 0.3) is 0 Å². The van der Waals surface area contributed by atoms with Crippen LogP contribution in [0.5, 0.6) is 5.75 Å². The summed E-state index contributed by atoms with van der Waals surface area (Å²) in [6, 6.07) is 9.99. The summed E-state index contributed by atoms with van der Waals surface area (Å²) in [7, 11) is -3.70. The summed E-state index contributed by atoms with van der Waals surface area (Å²) in [5.74, 6) is -0.329. The molecule has 0 aliphatic carbocycles. The van der Waals surface area contributed by atoms with Crippen LogP contribution in [-0.4, -0.2) is 26.1 Å². The van der Waals surface area contributed by atoms with Gasteiger partial charge in [0.15, 0.2) is 0 Å². The van der Waals surface area contributed by atoms with Crippen LogP contribution in [0.3, 0.4) is 0 Å². The van der Waals surface area contributed by atoms with Crippen LogP contribution in [0.1, 0.15) is 29.5 Å². The maximum Gasteiger partial charge on any atom is 0.303 e. The Morgan fingerprint density at radius 3 is 2.38 bits per heavy atom. The first kappa shape index (κ1) is 19.8. The number of carbonyl (C=O) groups is 1. The van der Waals surface area contributed by atoms with Crippen molar-refractivity contribution in [3.8, 4) is 5.75 Å². The van der Waals surface area contributed by atoms with E-state index in [1.165, 1.54) is 12.1 Å². The summed E-state index contributed by atoms with van der Waals surface area (Å²) >= 11 is 0. The monoisotopic (exact) mass is 377 g/mol. The minimum atomic E-state index is -3.70. The van der Waals surface area contributed by atoms with Crippen molar-refractivity contribution in [1.29, 1.82) is 0 Å². The molecule has 0 aliphatic heterocycles. The predicted octanol–water partition coefficient (Wildman–Crippen LogP) is 3.66. The molecule has 7 heteroatoms. The molecule has 0 aromatic heterocycles. The lowest BCUT2D eigenvalue weighted by atomic mass is 10.1. The Hall–Kier alpha value is -2.54. The number of carboxylic acid groups (broad SMARTS) is 1. The first-order valence-electron chi connectivity index (χ1n) is 8.24. The van der Waals surface area contributed by atoms with Crippen molar-refractivity contribution in [1.82, 2.24) is 0 Å². The quantitative estimate of drug-likeness (QED) is 0.685. The van der Waals surface area contributed by atoms with E-state index in [4.69, 9.17) is 9.84 Å². The number of aliphatic carboxylic acids is 1. The van der Waals surface area contributed by atoms with Crippen LogP contribution in [-0.2, 0) is 14.8 Å². The second kappa shape index (κ2) is 8.23. The van der Waals surface area contributed by atoms with Gasteiger partial charge in [-0.2, -0.15) is 0 Å². The van der Waals surface area contributed by atoms with Crippen molar-refractivity contribution in [2.75, 3.05) is 11.3 Å². The van der Waals surface area contributed by atoms with Crippen LogP contribution < -0.4 is 9.46 Å². The number of aryl methyl sites for hydroxylation is 3. The van der Waals surface area contributed by atoms with Crippen molar-refractivity contribution in [2.45, 2.75) is 38.5 Å². The molecule has 140 valence electrons. The van der Waals surface area contributed by atoms with Gasteiger partial charge < -0.3 is 9.84 Å². The largest absolute Gasteiger partial charge is 0.493 e. The lowest BCUT2D eigenvalue weighted by Gasteiger charge is -2.13. The van der Waals surface area contributed by atoms with Crippen molar-refractivity contribution in [2.24, 2.45) is 0 Å². The van der Waals surface area contributed by atoms with Crippen LogP contribution in [0.15, 0.2) is 41.3 Å². The third kappa shape index (κ3) is 5.23. The number of carboxylic acids is 1. The molecule has 26 heavy (non-hydrogen) atoms. The molecule has 6 nitrogen and oxygen atoms in total. The fourth-order valence-corrected chi connectivity index (χ4v) is 3.51. The van der Waals surface area contributed by atoms with E-state index in [9.17, 15) is 13.2 Å². The van der Waals surface area contributed by atoms with Gasteiger partial charge in [0.05, 0.1) is 11.5 Å². The van der Waals surface area contributed by atoms with E-state index in [0.717, 1.165) is 11.1 Å². The number of hydrogen-bond acceptors (Lipinski definition) is 4. The molecule has 0 saturated carbocycles. The minimum absolute atomic E-state index is 0.0331. The molecule has 0 heterocycles. The highest BCUT2D eigenvalue weighted by Gasteiger charge is 2.16. The molecule has 0 amide bonds. The number of hydrogen-bond donors (Lipinski definition) is 2. The molecule has 2 rings (SSSR count). The standard InChI is InChI=1S/C19H23NO5S/c1-13-6-7-16(11-14(13)2)20-26(23,24)17-8-9-18(15(3)12-17)25-10-4-5-19(21)22/h6-9,11-12,20H,4-5,10H2,1-3H3,(H,21,22). The van der Waals surface area contributed by atoms with Crippen LogP contribution in [0, 0.1) is 20.8 Å². The average Bonchev–Trinajstić information content (AvgIpc) is 2.55. The molecule has 2 aromatic carbocycles. The van der Waals surface area contributed by atoms with Gasteiger partial charge in [-0.05, 0) is 74.2 Å². The van der Waals surface area contributed by atoms with Gasteiger partial charge in [0.25, 0.3) is 10.0 Å². The van der Waals surface area contributed by atoms with Crippen molar-refractivity contribution in [3.05, 3.63) is 53.1 Å². The van der Waals surface area contributed by atoms with Crippen molar-refractivity contribution < 1.29 is 23.1 Å². The van der Waals surface area contributed by atoms with Crippen molar-refractivity contribution in [3.63, 3.8) is 0 Å². The zero-order valence-corrected chi connectivity index (χ0v) is 15.9. The fourth-order valence-electron chi connectivity index (χ4n) is 2.38. The van der Waals surface area contributed by atoms with Gasteiger partial charge >= 0.3 is 5.97 Å². The van der Waals surface area contributed by atoms with Gasteiger partial charge in [0.2, 0.25) is 0 Å². The van der Waals surface area contributed by atoms with Gasteiger partial charge in [-0.1, -0.05) is 6.07 Å². The summed E-state index contributed by atoms with van der Waals surface area (Å²) < 4.78 is 33.3. The third-order valence-electron chi connectivity index (χ3n) is 4.01. The highest BCUT2D eigenvalue weighted by Crippen LogP contribution is 2.24. The zero-order valence-electron chi connectivity index (χ0n) is 15.1. The summed E-state index contributed by atoms with van der Waals surface area (Å²) in [5.41, 5.74) is 3.28. The average molecular weight is 377 g/mol. The zero-order chi connectivity index (χ0) is 19.3. The van der Waals surface area contributed by atoms with E-state index >= 15 is 0 Å². The maximum absolute atomic E-state index is 12.6. The molecule has 0 spiro atoms. The maximum atomic E-state index is 12.6. The number of rotatable bonds is 8. The topological polar surface area (TPSA) is 92.7 Å². The third-order valence-corrected chi connectivity index (χ3v) is 5.39. The van der Waals surface area contributed by atoms with Gasteiger partial charge in [0, 0.05) is 12.1 Å². The Morgan fingerprint density at radius 2 is 1.77 bits per heavy atom. The Morgan fingerprint density at radius 1 is 1.04 bits per heavy atom. The summed E-state index contributed by atoms with van der Waals surface area (Å²) in [6.45, 7) is 5.90. The molecule has 0 saturated heterocycles. The SMILES string of the molecule is Cc1ccc(NS(=O)(=O)c2ccc(OCCCC(=O)O)c(C)c2)cc1C. The number of benzene rings is 2. The Bertz CT molecular complexity index is 906. The highest BCUT2D eigenvalue weighted by atomic mass is 32.2. The summed E-state index contributed by atoms with van der Waals surface area (Å²) in [4.78, 5) is 10.6. The Balaban J connectivity index is 2.10. The second-order valence-corrected chi connectivity index (χ2v) is 7.86. The van der Waals surface area contributed by atoms with E-state index in [-0.39, 0.29) is 17.9 Å². The van der Waals surface area contributed by atoms with Crippen molar-refractivity contribution >= 4 is 21.7 Å². The van der Waals surface area contributed by atoms with Gasteiger partial charge in [-0.3, -0.25) is 9.52 Å². The molecule has 0 bridgehead atoms. The fraction of sp³-hybridized carbons (Fsp3) is 0.316. The second-order valence-electron chi connectivity index (χ2n) is 6.18. The molecule has 2 aromatic rings. The van der Waals surface area contributed by atoms with Gasteiger partial charge in [-0.25, -0.2) is 8.42 Å². The Labute approximate surface area is 153 Å². The number of nitrogens with one attached hydrogen (secondary N) is 1. The number of ether oxygens (including phenoxy) is 1. The van der Waals surface area contributed by atoms with Crippen LogP contribution in [0.2, 0.25) is 0 Å². The van der Waals surface area contributed by atoms with E-state index in [2.05, 4.69) is 4.72 Å². The highest BCUT2D eigenvalue weighted by molar-refractivity contribution is 7.92. The number of anilines is 1. The van der Waals surface area contributed by atoms with E-state index < -0.39 is 16.0 Å². The molecule has 0 radical (unpaired) electrons. The molecule has 0 atom stereocenters. The molecule has 2 N–H and O–H groups in total. The molecule has 0 aliphatic rings. The Kier molecular flexibility index (Phi) is 6.26. The number of sulfonamides is 1. The minimum Gasteiger partial charge on any atom is -0.493 e. The molecule has 0 unspecified atom stereocenters. The lowest BCUT2D eigenvalue weighted by molar-refractivity contribution is -0.137. The van der Waals surface area contributed by atoms with Crippen LogP contribution in [0.4, 0.5) is 5.69 Å². The lowest BCUT2D eigenvalue weighted by Crippen LogP contribution is -2.13.